The Morgan fingerprint density at radius 2 is 1.75 bits per heavy atom. The molecule has 0 saturated heterocycles. The molecule has 8 nitrogen and oxygen atoms in total. The molecule has 2 aromatic heterocycles. The molecule has 1 N–H and O–H groups in total. The SMILES string of the molecule is Cc1cc(NC(=O)c2nc(Cl)c(Cl)c(Cl)c2Cl)n(-c2ccc([N+](=O)[O-])cc2)n1. The molecule has 1 amide bonds. The quantitative estimate of drug-likeness (QED) is 0.321. The number of halogens is 4. The highest BCUT2D eigenvalue weighted by atomic mass is 35.5. The van der Waals surface area contributed by atoms with Gasteiger partial charge in [0, 0.05) is 18.2 Å². The first-order chi connectivity index (χ1) is 13.2. The Hall–Kier alpha value is -2.39. The van der Waals surface area contributed by atoms with Gasteiger partial charge in [0.05, 0.1) is 31.4 Å². The second kappa shape index (κ2) is 7.92. The van der Waals surface area contributed by atoms with Crippen molar-refractivity contribution < 1.29 is 9.72 Å². The fraction of sp³-hybridized carbons (Fsp3) is 0.0625. The number of nitrogens with one attached hydrogen (secondary N) is 1. The van der Waals surface area contributed by atoms with E-state index in [-0.39, 0.29) is 37.4 Å². The lowest BCUT2D eigenvalue weighted by Gasteiger charge is -2.11. The predicted octanol–water partition coefficient (Wildman–Crippen LogP) is 5.35. The van der Waals surface area contributed by atoms with Crippen molar-refractivity contribution in [3.8, 4) is 5.69 Å². The number of hydrogen-bond acceptors (Lipinski definition) is 5. The molecule has 0 atom stereocenters. The summed E-state index contributed by atoms with van der Waals surface area (Å²) >= 11 is 23.8. The van der Waals surface area contributed by atoms with E-state index >= 15 is 0 Å². The van der Waals surface area contributed by atoms with Crippen molar-refractivity contribution in [1.29, 1.82) is 0 Å². The van der Waals surface area contributed by atoms with Gasteiger partial charge in [0.1, 0.15) is 11.0 Å². The van der Waals surface area contributed by atoms with E-state index in [2.05, 4.69) is 15.4 Å². The summed E-state index contributed by atoms with van der Waals surface area (Å²) in [6.45, 7) is 1.72. The number of nitrogens with zero attached hydrogens (tertiary/aromatic N) is 4. The van der Waals surface area contributed by atoms with Gasteiger partial charge in [0.2, 0.25) is 0 Å². The molecule has 0 radical (unpaired) electrons. The van der Waals surface area contributed by atoms with Crippen LogP contribution in [0.15, 0.2) is 30.3 Å². The average Bonchev–Trinajstić information content (AvgIpc) is 3.03. The minimum Gasteiger partial charge on any atom is -0.305 e. The van der Waals surface area contributed by atoms with Crippen LogP contribution in [-0.2, 0) is 0 Å². The Morgan fingerprint density at radius 3 is 2.36 bits per heavy atom. The molecule has 144 valence electrons. The number of amides is 1. The number of rotatable bonds is 4. The summed E-state index contributed by atoms with van der Waals surface area (Å²) in [5.41, 5.74) is 0.815. The number of nitro benzene ring substituents is 1. The van der Waals surface area contributed by atoms with Crippen LogP contribution in [0.1, 0.15) is 16.2 Å². The number of non-ortho nitro benzene ring substituents is 1. The molecule has 0 bridgehead atoms. The van der Waals surface area contributed by atoms with Gasteiger partial charge in [0.15, 0.2) is 5.69 Å². The van der Waals surface area contributed by atoms with Crippen molar-refractivity contribution in [2.75, 3.05) is 5.32 Å². The van der Waals surface area contributed by atoms with Gasteiger partial charge in [0.25, 0.3) is 11.6 Å². The first kappa shape index (κ1) is 20.3. The van der Waals surface area contributed by atoms with E-state index in [1.54, 1.807) is 13.0 Å². The molecule has 0 unspecified atom stereocenters. The fourth-order valence-corrected chi connectivity index (χ4v) is 3.13. The van der Waals surface area contributed by atoms with Crippen LogP contribution in [0.25, 0.3) is 5.69 Å². The Labute approximate surface area is 178 Å². The highest BCUT2D eigenvalue weighted by Gasteiger charge is 2.22. The largest absolute Gasteiger partial charge is 0.305 e. The van der Waals surface area contributed by atoms with Crippen molar-refractivity contribution in [2.24, 2.45) is 0 Å². The Kier molecular flexibility index (Phi) is 5.76. The van der Waals surface area contributed by atoms with Crippen LogP contribution in [0, 0.1) is 17.0 Å². The monoisotopic (exact) mass is 459 g/mol. The van der Waals surface area contributed by atoms with Gasteiger partial charge in [-0.05, 0) is 19.1 Å². The van der Waals surface area contributed by atoms with E-state index in [1.807, 2.05) is 0 Å². The summed E-state index contributed by atoms with van der Waals surface area (Å²) in [7, 11) is 0. The molecular formula is C16H9Cl4N5O3. The Morgan fingerprint density at radius 1 is 1.11 bits per heavy atom. The van der Waals surface area contributed by atoms with Gasteiger partial charge in [-0.25, -0.2) is 9.67 Å². The summed E-state index contributed by atoms with van der Waals surface area (Å²) in [5.74, 6) is -0.398. The van der Waals surface area contributed by atoms with Gasteiger partial charge in [-0.1, -0.05) is 46.4 Å². The third-order valence-electron chi connectivity index (χ3n) is 3.58. The third-order valence-corrected chi connectivity index (χ3v) is 5.26. The second-order valence-electron chi connectivity index (χ2n) is 5.50. The fourth-order valence-electron chi connectivity index (χ4n) is 2.31. The maximum absolute atomic E-state index is 12.6. The summed E-state index contributed by atoms with van der Waals surface area (Å²) < 4.78 is 1.41. The normalized spacial score (nSPS) is 10.8. The lowest BCUT2D eigenvalue weighted by Crippen LogP contribution is -2.17. The number of carbonyl (C=O) groups is 1. The van der Waals surface area contributed by atoms with Crippen molar-refractivity contribution in [2.45, 2.75) is 6.92 Å². The summed E-state index contributed by atoms with van der Waals surface area (Å²) in [6.07, 6.45) is 0. The number of hydrogen-bond donors (Lipinski definition) is 1. The lowest BCUT2D eigenvalue weighted by molar-refractivity contribution is -0.384. The minimum atomic E-state index is -0.687. The maximum atomic E-state index is 12.6. The second-order valence-corrected chi connectivity index (χ2v) is 7.00. The zero-order valence-corrected chi connectivity index (χ0v) is 16.9. The smallest absolute Gasteiger partial charge is 0.277 e. The van der Waals surface area contributed by atoms with Crippen LogP contribution in [0.3, 0.4) is 0 Å². The molecule has 0 aliphatic rings. The van der Waals surface area contributed by atoms with Crippen molar-refractivity contribution in [1.82, 2.24) is 14.8 Å². The van der Waals surface area contributed by atoms with Gasteiger partial charge in [-0.2, -0.15) is 5.10 Å². The Balaban J connectivity index is 1.96. The van der Waals surface area contributed by atoms with Crippen molar-refractivity contribution in [3.63, 3.8) is 0 Å². The van der Waals surface area contributed by atoms with E-state index in [9.17, 15) is 14.9 Å². The molecule has 1 aromatic carbocycles. The van der Waals surface area contributed by atoms with Crippen molar-refractivity contribution in [3.05, 3.63) is 72.1 Å². The van der Waals surface area contributed by atoms with Gasteiger partial charge < -0.3 is 5.32 Å². The predicted molar refractivity (Wildman–Crippen MR) is 107 cm³/mol. The minimum absolute atomic E-state index is 0.0587. The van der Waals surface area contributed by atoms with E-state index < -0.39 is 10.8 Å². The molecule has 3 rings (SSSR count). The number of nitro groups is 1. The van der Waals surface area contributed by atoms with Crippen LogP contribution >= 0.6 is 46.4 Å². The zero-order chi connectivity index (χ0) is 20.6. The van der Waals surface area contributed by atoms with Crippen LogP contribution in [0.4, 0.5) is 11.5 Å². The molecule has 0 aliphatic heterocycles. The highest BCUT2D eigenvalue weighted by Crippen LogP contribution is 2.36. The summed E-state index contributed by atoms with van der Waals surface area (Å²) in [5, 5.41) is 17.2. The molecule has 2 heterocycles. The first-order valence-electron chi connectivity index (χ1n) is 7.52. The van der Waals surface area contributed by atoms with E-state index in [0.29, 0.717) is 11.4 Å². The number of pyridine rings is 1. The molecule has 28 heavy (non-hydrogen) atoms. The van der Waals surface area contributed by atoms with E-state index in [1.165, 1.54) is 28.9 Å². The standard InChI is InChI=1S/C16H9Cl4N5O3/c1-7-6-10(24(23-7)8-2-4-9(5-3-8)25(27)28)21-16(26)14-12(18)11(17)13(19)15(20)22-14/h2-6H,1H3,(H,21,26). The number of anilines is 1. The van der Waals surface area contributed by atoms with Crippen LogP contribution < -0.4 is 5.32 Å². The van der Waals surface area contributed by atoms with E-state index in [0.717, 1.165) is 0 Å². The summed E-state index contributed by atoms with van der Waals surface area (Å²) in [4.78, 5) is 26.8. The van der Waals surface area contributed by atoms with Gasteiger partial charge in [-0.3, -0.25) is 14.9 Å². The molecule has 0 aliphatic carbocycles. The van der Waals surface area contributed by atoms with Gasteiger partial charge >= 0.3 is 0 Å². The molecular weight excluding hydrogens is 452 g/mol. The average molecular weight is 461 g/mol. The van der Waals surface area contributed by atoms with Gasteiger partial charge in [-0.15, -0.1) is 0 Å². The molecule has 0 fully saturated rings. The van der Waals surface area contributed by atoms with Crippen molar-refractivity contribution >= 4 is 63.8 Å². The van der Waals surface area contributed by atoms with Crippen LogP contribution in [0.5, 0.6) is 0 Å². The molecule has 0 saturated carbocycles. The number of aryl methyl sites for hydroxylation is 1. The maximum Gasteiger partial charge on any atom is 0.277 e. The first-order valence-corrected chi connectivity index (χ1v) is 9.03. The van der Waals surface area contributed by atoms with Crippen LogP contribution in [0.2, 0.25) is 20.2 Å². The van der Waals surface area contributed by atoms with Crippen LogP contribution in [-0.4, -0.2) is 25.6 Å². The number of benzene rings is 1. The molecule has 0 spiro atoms. The topological polar surface area (TPSA) is 103 Å². The Bertz CT molecular complexity index is 1100. The zero-order valence-electron chi connectivity index (χ0n) is 13.9. The number of aromatic nitrogens is 3. The number of carbonyl (C=O) groups excluding carboxylic acids is 1. The highest BCUT2D eigenvalue weighted by molar-refractivity contribution is 6.52. The molecule has 3 aromatic rings. The molecule has 12 heteroatoms. The third kappa shape index (κ3) is 3.90. The summed E-state index contributed by atoms with van der Waals surface area (Å²) in [6, 6.07) is 7.26. The van der Waals surface area contributed by atoms with E-state index in [4.69, 9.17) is 46.4 Å². The lowest BCUT2D eigenvalue weighted by atomic mass is 10.3.